The van der Waals surface area contributed by atoms with Crippen LogP contribution in [0.2, 0.25) is 0 Å². The predicted octanol–water partition coefficient (Wildman–Crippen LogP) is 5.11. The molecular weight excluding hydrogens is 392 g/mol. The summed E-state index contributed by atoms with van der Waals surface area (Å²) in [4.78, 5) is 4.04. The fraction of sp³-hybridized carbons (Fsp3) is 0.280. The van der Waals surface area contributed by atoms with Crippen LogP contribution in [0, 0.1) is 13.8 Å². The molecule has 3 aromatic rings. The highest BCUT2D eigenvalue weighted by Crippen LogP contribution is 2.46. The van der Waals surface area contributed by atoms with Crippen molar-refractivity contribution in [3.63, 3.8) is 0 Å². The lowest BCUT2D eigenvalue weighted by Gasteiger charge is -2.35. The quantitative estimate of drug-likeness (QED) is 0.539. The average molecular weight is 421 g/mol. The molecule has 156 valence electrons. The van der Waals surface area contributed by atoms with Crippen molar-refractivity contribution in [2.45, 2.75) is 36.6 Å². The maximum Gasteiger partial charge on any atom is 0.123 e. The van der Waals surface area contributed by atoms with Crippen molar-refractivity contribution in [3.05, 3.63) is 77.4 Å². The van der Waals surface area contributed by atoms with Crippen molar-refractivity contribution in [2.24, 2.45) is 0 Å². The van der Waals surface area contributed by atoms with E-state index in [4.69, 9.17) is 4.74 Å². The molecule has 4 rings (SSSR count). The molecule has 0 spiro atoms. The van der Waals surface area contributed by atoms with E-state index in [9.17, 15) is 4.21 Å². The third-order valence-electron chi connectivity index (χ3n) is 5.74. The van der Waals surface area contributed by atoms with Gasteiger partial charge < -0.3 is 15.0 Å². The summed E-state index contributed by atoms with van der Waals surface area (Å²) in [5.41, 5.74) is 5.62. The van der Waals surface area contributed by atoms with E-state index in [1.165, 1.54) is 5.56 Å². The Bertz CT molecular complexity index is 1070. The van der Waals surface area contributed by atoms with Crippen LogP contribution in [0.3, 0.4) is 0 Å². The minimum Gasteiger partial charge on any atom is -0.496 e. The molecule has 30 heavy (non-hydrogen) atoms. The molecular formula is C25H28N2O2S. The van der Waals surface area contributed by atoms with Gasteiger partial charge in [-0.05, 0) is 61.7 Å². The molecule has 0 bridgehead atoms. The first-order chi connectivity index (χ1) is 14.6. The molecule has 0 aromatic heterocycles. The number of para-hydroxylation sites is 1. The van der Waals surface area contributed by atoms with Crippen LogP contribution in [0.15, 0.2) is 70.5 Å². The first-order valence-corrected chi connectivity index (χ1v) is 11.5. The summed E-state index contributed by atoms with van der Waals surface area (Å²) in [6.07, 6.45) is 0.984. The summed E-state index contributed by atoms with van der Waals surface area (Å²) < 4.78 is 18.9. The van der Waals surface area contributed by atoms with Crippen molar-refractivity contribution in [2.75, 3.05) is 25.1 Å². The Kier molecular flexibility index (Phi) is 6.21. The molecule has 0 saturated heterocycles. The van der Waals surface area contributed by atoms with Gasteiger partial charge in [-0.15, -0.1) is 0 Å². The summed E-state index contributed by atoms with van der Waals surface area (Å²) in [6, 6.07) is 20.4. The van der Waals surface area contributed by atoms with Crippen LogP contribution in [-0.2, 0) is 17.3 Å². The Labute approximate surface area is 181 Å². The van der Waals surface area contributed by atoms with Crippen LogP contribution in [-0.4, -0.2) is 24.4 Å². The first kappa shape index (κ1) is 20.6. The molecule has 0 fully saturated rings. The van der Waals surface area contributed by atoms with Crippen molar-refractivity contribution in [1.82, 2.24) is 5.32 Å². The molecule has 1 unspecified atom stereocenters. The van der Waals surface area contributed by atoms with E-state index in [1.54, 1.807) is 7.11 Å². The van der Waals surface area contributed by atoms with Crippen molar-refractivity contribution in [3.8, 4) is 5.75 Å². The molecule has 0 aliphatic carbocycles. The average Bonchev–Trinajstić information content (AvgIpc) is 2.78. The van der Waals surface area contributed by atoms with Gasteiger partial charge in [0.05, 0.1) is 39.1 Å². The standard InChI is InChI=1S/C25H28N2O2S/c1-18-19(2)25-24(16-22(18)29-3)30(28)23-13-8-7-12-21(23)27(25)15-9-14-26-17-20-10-5-4-6-11-20/h4-8,10-13,16,26H,9,14-15,17H2,1-3H3. The lowest BCUT2D eigenvalue weighted by Crippen LogP contribution is -2.28. The predicted molar refractivity (Wildman–Crippen MR) is 123 cm³/mol. The summed E-state index contributed by atoms with van der Waals surface area (Å²) >= 11 is 0. The number of hydrogen-bond acceptors (Lipinski definition) is 4. The number of methoxy groups -OCH3 is 1. The summed E-state index contributed by atoms with van der Waals surface area (Å²) in [7, 11) is 0.458. The van der Waals surface area contributed by atoms with E-state index in [1.807, 2.05) is 30.3 Å². The van der Waals surface area contributed by atoms with Gasteiger partial charge in [-0.2, -0.15) is 0 Å². The van der Waals surface area contributed by atoms with Gasteiger partial charge in [0.1, 0.15) is 5.75 Å². The minimum absolute atomic E-state index is 0.795. The Morgan fingerprint density at radius 3 is 2.47 bits per heavy atom. The van der Waals surface area contributed by atoms with Crippen LogP contribution >= 0.6 is 0 Å². The summed E-state index contributed by atoms with van der Waals surface area (Å²) in [6.45, 7) is 6.81. The second kappa shape index (κ2) is 9.02. The van der Waals surface area contributed by atoms with Crippen LogP contribution < -0.4 is 15.0 Å². The zero-order chi connectivity index (χ0) is 21.1. The number of benzene rings is 3. The van der Waals surface area contributed by atoms with E-state index in [2.05, 4.69) is 54.4 Å². The number of ether oxygens (including phenoxy) is 1. The topological polar surface area (TPSA) is 41.6 Å². The molecule has 0 amide bonds. The number of nitrogens with one attached hydrogen (secondary N) is 1. The van der Waals surface area contributed by atoms with Gasteiger partial charge in [0.25, 0.3) is 0 Å². The lowest BCUT2D eigenvalue weighted by atomic mass is 10.0. The van der Waals surface area contributed by atoms with Gasteiger partial charge in [-0.1, -0.05) is 42.5 Å². The normalized spacial score (nSPS) is 14.9. The highest BCUT2D eigenvalue weighted by Gasteiger charge is 2.30. The molecule has 1 aliphatic rings. The second-order valence-corrected chi connectivity index (χ2v) is 9.00. The van der Waals surface area contributed by atoms with E-state index in [0.29, 0.717) is 0 Å². The lowest BCUT2D eigenvalue weighted by molar-refractivity contribution is 0.410. The molecule has 0 saturated carbocycles. The number of anilines is 2. The number of hydrogen-bond donors (Lipinski definition) is 1. The fourth-order valence-corrected chi connectivity index (χ4v) is 5.49. The molecule has 1 aliphatic heterocycles. The Balaban J connectivity index is 1.57. The summed E-state index contributed by atoms with van der Waals surface area (Å²) in [5.74, 6) is 0.795. The highest BCUT2D eigenvalue weighted by molar-refractivity contribution is 7.85. The van der Waals surface area contributed by atoms with Crippen LogP contribution in [0.5, 0.6) is 5.75 Å². The second-order valence-electron chi connectivity index (χ2n) is 7.58. The maximum atomic E-state index is 13.3. The van der Waals surface area contributed by atoms with Crippen molar-refractivity contribution >= 4 is 22.2 Å². The number of fused-ring (bicyclic) bond motifs is 2. The van der Waals surface area contributed by atoms with Crippen molar-refractivity contribution in [1.29, 1.82) is 0 Å². The van der Waals surface area contributed by atoms with Crippen LogP contribution in [0.4, 0.5) is 11.4 Å². The fourth-order valence-electron chi connectivity index (χ4n) is 4.03. The largest absolute Gasteiger partial charge is 0.496 e. The zero-order valence-electron chi connectivity index (χ0n) is 17.8. The molecule has 3 aromatic carbocycles. The Morgan fingerprint density at radius 1 is 0.967 bits per heavy atom. The minimum atomic E-state index is -1.21. The zero-order valence-corrected chi connectivity index (χ0v) is 18.6. The number of nitrogens with zero attached hydrogens (tertiary/aromatic N) is 1. The SMILES string of the molecule is COc1cc2c(c(C)c1C)N(CCCNCc1ccccc1)c1ccccc1S2=O. The van der Waals surface area contributed by atoms with Gasteiger partial charge in [0, 0.05) is 13.1 Å². The maximum absolute atomic E-state index is 13.3. The monoisotopic (exact) mass is 420 g/mol. The molecule has 1 heterocycles. The van der Waals surface area contributed by atoms with Gasteiger partial charge in [0.15, 0.2) is 0 Å². The van der Waals surface area contributed by atoms with Crippen LogP contribution in [0.25, 0.3) is 0 Å². The first-order valence-electron chi connectivity index (χ1n) is 10.3. The molecule has 0 radical (unpaired) electrons. The van der Waals surface area contributed by atoms with E-state index in [-0.39, 0.29) is 0 Å². The Hall–Kier alpha value is -2.63. The molecule has 1 N–H and O–H groups in total. The molecule has 1 atom stereocenters. The molecule has 4 nitrogen and oxygen atoms in total. The third-order valence-corrected chi connectivity index (χ3v) is 7.19. The van der Waals surface area contributed by atoms with E-state index >= 15 is 0 Å². The van der Waals surface area contributed by atoms with Gasteiger partial charge >= 0.3 is 0 Å². The van der Waals surface area contributed by atoms with E-state index < -0.39 is 10.8 Å². The van der Waals surface area contributed by atoms with Gasteiger partial charge in [-0.3, -0.25) is 0 Å². The third kappa shape index (κ3) is 3.87. The van der Waals surface area contributed by atoms with Crippen molar-refractivity contribution < 1.29 is 8.95 Å². The number of rotatable bonds is 7. The Morgan fingerprint density at radius 2 is 1.70 bits per heavy atom. The smallest absolute Gasteiger partial charge is 0.123 e. The van der Waals surface area contributed by atoms with E-state index in [0.717, 1.165) is 64.1 Å². The summed E-state index contributed by atoms with van der Waals surface area (Å²) in [5, 5.41) is 3.54. The van der Waals surface area contributed by atoms with Crippen LogP contribution in [0.1, 0.15) is 23.1 Å². The highest BCUT2D eigenvalue weighted by atomic mass is 32.2. The molecule has 5 heteroatoms. The van der Waals surface area contributed by atoms with Gasteiger partial charge in [0.2, 0.25) is 0 Å². The van der Waals surface area contributed by atoms with Gasteiger partial charge in [-0.25, -0.2) is 4.21 Å².